The zero-order chi connectivity index (χ0) is 27.4. The fraction of sp³-hybridized carbons (Fsp3) is 0.286. The summed E-state index contributed by atoms with van der Waals surface area (Å²) in [6.07, 6.45) is 3.83. The van der Waals surface area contributed by atoms with Crippen LogP contribution in [0.5, 0.6) is 0 Å². The van der Waals surface area contributed by atoms with E-state index < -0.39 is 0 Å². The molecule has 0 saturated carbocycles. The molecular formula is C35H36ClN3. The fourth-order valence-corrected chi connectivity index (χ4v) is 6.90. The Morgan fingerprint density at radius 1 is 0.615 bits per heavy atom. The van der Waals surface area contributed by atoms with E-state index >= 15 is 0 Å². The van der Waals surface area contributed by atoms with Gasteiger partial charge in [0.15, 0.2) is 0 Å². The lowest BCUT2D eigenvalue weighted by Crippen LogP contribution is -1.86. The lowest BCUT2D eigenvalue weighted by Gasteiger charge is -2.01. The van der Waals surface area contributed by atoms with Gasteiger partial charge >= 0.3 is 0 Å². The van der Waals surface area contributed by atoms with Crippen molar-refractivity contribution in [2.75, 3.05) is 0 Å². The van der Waals surface area contributed by atoms with E-state index in [-0.39, 0.29) is 0 Å². The number of aromatic nitrogens is 3. The van der Waals surface area contributed by atoms with Crippen molar-refractivity contribution in [1.82, 2.24) is 15.0 Å². The van der Waals surface area contributed by atoms with E-state index in [0.717, 1.165) is 75.4 Å². The molecule has 0 fully saturated rings. The van der Waals surface area contributed by atoms with E-state index in [9.17, 15) is 0 Å². The van der Waals surface area contributed by atoms with Crippen molar-refractivity contribution in [1.29, 1.82) is 0 Å². The number of rotatable bonds is 4. The van der Waals surface area contributed by atoms with Gasteiger partial charge in [0.25, 0.3) is 0 Å². The molecule has 1 aliphatic heterocycles. The van der Waals surface area contributed by atoms with Gasteiger partial charge in [-0.2, -0.15) is 0 Å². The van der Waals surface area contributed by atoms with Gasteiger partial charge in [0.2, 0.25) is 0 Å². The van der Waals surface area contributed by atoms with Gasteiger partial charge in [0, 0.05) is 33.2 Å². The van der Waals surface area contributed by atoms with Gasteiger partial charge in [-0.05, 0) is 108 Å². The lowest BCUT2D eigenvalue weighted by atomic mass is 10.0. The Bertz CT molecular complexity index is 1830. The van der Waals surface area contributed by atoms with Gasteiger partial charge in [0.05, 0.1) is 16.4 Å². The Hall–Kier alpha value is -3.56. The van der Waals surface area contributed by atoms with Crippen LogP contribution in [0.15, 0.2) is 48.5 Å². The van der Waals surface area contributed by atoms with E-state index in [4.69, 9.17) is 16.6 Å². The lowest BCUT2D eigenvalue weighted by molar-refractivity contribution is 1.07. The van der Waals surface area contributed by atoms with E-state index in [1.807, 2.05) is 0 Å². The van der Waals surface area contributed by atoms with Crippen LogP contribution in [0.25, 0.3) is 55.5 Å². The Morgan fingerprint density at radius 2 is 1.18 bits per heavy atom. The van der Waals surface area contributed by atoms with Gasteiger partial charge < -0.3 is 9.97 Å². The summed E-state index contributed by atoms with van der Waals surface area (Å²) in [5.41, 5.74) is 19.0. The number of aryl methyl sites for hydroxylation is 4. The second-order valence-electron chi connectivity index (χ2n) is 10.6. The Morgan fingerprint density at radius 3 is 1.79 bits per heavy atom. The van der Waals surface area contributed by atoms with Crippen molar-refractivity contribution in [3.05, 3.63) is 87.2 Å². The minimum absolute atomic E-state index is 0.778. The molecule has 1 aliphatic carbocycles. The molecule has 0 amide bonds. The number of fused-ring (bicyclic) bond motifs is 11. The summed E-state index contributed by atoms with van der Waals surface area (Å²) in [7, 11) is 0. The van der Waals surface area contributed by atoms with Crippen molar-refractivity contribution in [3.63, 3.8) is 0 Å². The molecule has 0 spiro atoms. The highest BCUT2D eigenvalue weighted by Gasteiger charge is 2.23. The van der Waals surface area contributed by atoms with E-state index in [2.05, 4.69) is 100 Å². The SMILES string of the molecule is CCC1=C(C)c2cc3c(Cl)c(cc4[nH]c(cc5[nH]c(cc1n2)c(CC)c5CC)c(CC)c4C)-c1ccccc1-3. The third kappa shape index (κ3) is 3.98. The van der Waals surface area contributed by atoms with Crippen LogP contribution in [0.1, 0.15) is 74.7 Å². The number of hydrogen-bond acceptors (Lipinski definition) is 1. The summed E-state index contributed by atoms with van der Waals surface area (Å²) >= 11 is 7.21. The summed E-state index contributed by atoms with van der Waals surface area (Å²) in [6, 6.07) is 17.5. The van der Waals surface area contributed by atoms with Crippen LogP contribution in [0, 0.1) is 6.92 Å². The van der Waals surface area contributed by atoms with Crippen LogP contribution in [0.4, 0.5) is 0 Å². The number of nitrogens with zero attached hydrogens (tertiary/aromatic N) is 1. The first-order valence-electron chi connectivity index (χ1n) is 14.3. The molecule has 2 aliphatic rings. The predicted molar refractivity (Wildman–Crippen MR) is 168 cm³/mol. The first-order valence-corrected chi connectivity index (χ1v) is 14.6. The number of aromatic amines is 2. The van der Waals surface area contributed by atoms with Crippen molar-refractivity contribution < 1.29 is 0 Å². The number of nitrogens with one attached hydrogen (secondary N) is 2. The Kier molecular flexibility index (Phi) is 6.51. The average molecular weight is 534 g/mol. The molecule has 3 nitrogen and oxygen atoms in total. The maximum Gasteiger partial charge on any atom is 0.0693 e. The quantitative estimate of drug-likeness (QED) is 0.237. The molecule has 4 heterocycles. The zero-order valence-electron chi connectivity index (χ0n) is 23.8. The van der Waals surface area contributed by atoms with Gasteiger partial charge in [-0.25, -0.2) is 4.98 Å². The van der Waals surface area contributed by atoms with Crippen LogP contribution < -0.4 is 0 Å². The highest BCUT2D eigenvalue weighted by molar-refractivity contribution is 6.38. The van der Waals surface area contributed by atoms with Crippen LogP contribution in [0.3, 0.4) is 0 Å². The standard InChI is InChI=1S/C35H36ClN3/c1-7-21-19(5)29-15-27-25-13-11-12-14-26(25)28(35(27)36)16-30-20(6)22(8-2)32(38-30)18-34-24(10-4)23(9-3)33(39-34)17-31(21)37-29/h11-18,37,39H,7-10H2,1-6H3. The Labute approximate surface area is 236 Å². The van der Waals surface area contributed by atoms with Crippen LogP contribution in [0.2, 0.25) is 5.02 Å². The van der Waals surface area contributed by atoms with E-state index in [1.165, 1.54) is 44.4 Å². The number of halogens is 1. The smallest absolute Gasteiger partial charge is 0.0693 e. The molecule has 2 N–H and O–H groups in total. The van der Waals surface area contributed by atoms with Gasteiger partial charge in [-0.1, -0.05) is 63.6 Å². The molecule has 4 heteroatoms. The van der Waals surface area contributed by atoms with Crippen molar-refractivity contribution in [2.45, 2.75) is 67.2 Å². The zero-order valence-corrected chi connectivity index (χ0v) is 24.5. The molecule has 0 atom stereocenters. The summed E-state index contributed by atoms with van der Waals surface area (Å²) in [5, 5.41) is 0.778. The summed E-state index contributed by atoms with van der Waals surface area (Å²) < 4.78 is 0. The van der Waals surface area contributed by atoms with Gasteiger partial charge in [-0.3, -0.25) is 0 Å². The number of H-pyrrole nitrogens is 2. The predicted octanol–water partition coefficient (Wildman–Crippen LogP) is 10.2. The second-order valence-corrected chi connectivity index (χ2v) is 11.0. The molecule has 3 aromatic heterocycles. The highest BCUT2D eigenvalue weighted by atomic mass is 35.5. The second kappa shape index (κ2) is 9.88. The largest absolute Gasteiger partial charge is 0.355 e. The molecule has 198 valence electrons. The molecular weight excluding hydrogens is 498 g/mol. The molecule has 6 rings (SSSR count). The highest BCUT2D eigenvalue weighted by Crippen LogP contribution is 2.47. The minimum atomic E-state index is 0.778. The molecule has 4 aromatic rings. The monoisotopic (exact) mass is 533 g/mol. The molecule has 0 radical (unpaired) electrons. The number of allylic oxidation sites excluding steroid dienone is 2. The summed E-state index contributed by atoms with van der Waals surface area (Å²) in [6.45, 7) is 13.4. The third-order valence-corrected chi connectivity index (χ3v) is 9.06. The van der Waals surface area contributed by atoms with Crippen LogP contribution in [-0.4, -0.2) is 15.0 Å². The van der Waals surface area contributed by atoms with Crippen molar-refractivity contribution in [3.8, 4) is 22.3 Å². The third-order valence-electron chi connectivity index (χ3n) is 8.66. The summed E-state index contributed by atoms with van der Waals surface area (Å²) in [4.78, 5) is 12.8. The van der Waals surface area contributed by atoms with Crippen molar-refractivity contribution in [2.24, 2.45) is 0 Å². The molecule has 8 bridgehead atoms. The summed E-state index contributed by atoms with van der Waals surface area (Å²) in [5.74, 6) is 0. The molecule has 1 aromatic carbocycles. The molecule has 39 heavy (non-hydrogen) atoms. The topological polar surface area (TPSA) is 44.5 Å². The minimum Gasteiger partial charge on any atom is -0.355 e. The van der Waals surface area contributed by atoms with Crippen molar-refractivity contribution >= 4 is 44.8 Å². The first-order chi connectivity index (χ1) is 18.9. The maximum absolute atomic E-state index is 7.21. The first kappa shape index (κ1) is 25.7. The fourth-order valence-electron chi connectivity index (χ4n) is 6.59. The van der Waals surface area contributed by atoms with E-state index in [0.29, 0.717) is 0 Å². The van der Waals surface area contributed by atoms with Crippen LogP contribution in [-0.2, 0) is 19.3 Å². The van der Waals surface area contributed by atoms with Crippen LogP contribution >= 0.6 is 11.6 Å². The maximum atomic E-state index is 7.21. The number of hydrogen-bond donors (Lipinski definition) is 2. The normalized spacial score (nSPS) is 12.8. The van der Waals surface area contributed by atoms with E-state index in [1.54, 1.807) is 0 Å². The van der Waals surface area contributed by atoms with Gasteiger partial charge in [0.1, 0.15) is 0 Å². The molecule has 0 unspecified atom stereocenters. The number of benzene rings is 1. The van der Waals surface area contributed by atoms with Gasteiger partial charge in [-0.15, -0.1) is 0 Å². The average Bonchev–Trinajstić information content (AvgIpc) is 3.60. The molecule has 0 saturated heterocycles. The Balaban J connectivity index is 1.85.